The maximum absolute atomic E-state index is 7.44. The summed E-state index contributed by atoms with van der Waals surface area (Å²) in [5.74, 6) is 2.69. The molecule has 0 fully saturated rings. The molecule has 1 spiro atoms. The number of rotatable bonds is 6. The molecule has 3 nitrogen and oxygen atoms in total. The lowest BCUT2D eigenvalue weighted by molar-refractivity contribution is 0.360. The molecule has 0 radical (unpaired) electrons. The molecular weight excluding hydrogens is 863 g/mol. The molecule has 0 amide bonds. The molecule has 0 atom stereocenters. The Morgan fingerprint density at radius 2 is 0.718 bits per heavy atom. The number of benzene rings is 11. The van der Waals surface area contributed by atoms with Crippen molar-refractivity contribution in [3.63, 3.8) is 0 Å². The lowest BCUT2D eigenvalue weighted by atomic mass is 9.67. The Hall–Kier alpha value is -9.18. The highest BCUT2D eigenvalue weighted by atomic mass is 16.6. The van der Waals surface area contributed by atoms with Gasteiger partial charge in [0.2, 0.25) is 0 Å². The smallest absolute Gasteiger partial charge is 0.194 e. The molecule has 4 aliphatic rings. The molecule has 0 saturated carbocycles. The van der Waals surface area contributed by atoms with Crippen molar-refractivity contribution in [3.8, 4) is 67.5 Å². The van der Waals surface area contributed by atoms with Crippen molar-refractivity contribution in [1.29, 1.82) is 0 Å². The second-order valence-electron chi connectivity index (χ2n) is 19.0. The Morgan fingerprint density at radius 3 is 1.32 bits per heavy atom. The summed E-state index contributed by atoms with van der Waals surface area (Å²) in [6.07, 6.45) is 0. The third kappa shape index (κ3) is 5.43. The molecule has 3 heteroatoms. The van der Waals surface area contributed by atoms with Crippen LogP contribution >= 0.6 is 0 Å². The predicted octanol–water partition coefficient (Wildman–Crippen LogP) is 17.4. The molecule has 332 valence electrons. The minimum absolute atomic E-state index is 0.524. The van der Waals surface area contributed by atoms with Crippen LogP contribution in [-0.2, 0) is 10.8 Å². The Labute approximate surface area is 413 Å². The number of nitrogens with zero attached hydrogens (tertiary/aromatic N) is 1. The number of anilines is 3. The van der Waals surface area contributed by atoms with E-state index in [1.807, 2.05) is 6.07 Å². The van der Waals surface area contributed by atoms with Gasteiger partial charge in [-0.15, -0.1) is 0 Å². The summed E-state index contributed by atoms with van der Waals surface area (Å²) in [5.41, 5.74) is 21.3. The van der Waals surface area contributed by atoms with Crippen molar-refractivity contribution >= 4 is 17.1 Å². The molecule has 0 N–H and O–H groups in total. The molecule has 0 saturated heterocycles. The van der Waals surface area contributed by atoms with Gasteiger partial charge in [-0.25, -0.2) is 0 Å². The van der Waals surface area contributed by atoms with Crippen molar-refractivity contribution < 1.29 is 9.47 Å². The van der Waals surface area contributed by atoms with E-state index in [2.05, 4.69) is 260 Å². The quantitative estimate of drug-likeness (QED) is 0.166. The molecule has 1 aliphatic heterocycles. The highest BCUT2D eigenvalue weighted by Crippen LogP contribution is 2.66. The number of ether oxygens (including phenoxy) is 2. The molecular formula is C68H43NO2. The first-order valence-electron chi connectivity index (χ1n) is 24.5. The van der Waals surface area contributed by atoms with Crippen LogP contribution in [0.4, 0.5) is 17.1 Å². The van der Waals surface area contributed by atoms with E-state index in [1.54, 1.807) is 0 Å². The lowest BCUT2D eigenvalue weighted by Gasteiger charge is -2.35. The maximum Gasteiger partial charge on any atom is 0.194 e. The second-order valence-corrected chi connectivity index (χ2v) is 19.0. The monoisotopic (exact) mass is 905 g/mol. The van der Waals surface area contributed by atoms with Crippen LogP contribution in [0.1, 0.15) is 44.5 Å². The van der Waals surface area contributed by atoms with Gasteiger partial charge in [0.1, 0.15) is 0 Å². The van der Waals surface area contributed by atoms with Gasteiger partial charge in [0.05, 0.1) is 22.2 Å². The standard InChI is InChI=1S/C68H43NO2/c1-4-21-44(22-5-1)48-27-14-19-36-61(48)69(47-39-40-53-51-30-10-15-32-55(51)67(59(53)41-47,45-23-6-2-7-24-45)46-25-8-3-9-26-46)62-37-20-38-63-66(62)71-65-43-60-54(42-64(65)70-63)52-31-13-18-35-58(52)68(60)56-33-16-11-28-49(56)50-29-12-17-34-57(50)68/h1-43H. The lowest BCUT2D eigenvalue weighted by Crippen LogP contribution is -2.28. The van der Waals surface area contributed by atoms with Gasteiger partial charge in [-0.1, -0.05) is 218 Å². The SMILES string of the molecule is c1ccc(-c2ccccc2N(c2ccc3c(c2)C(c2ccccc2)(c2ccccc2)c2ccccc2-3)c2cccc3c2Oc2cc4c(cc2O3)-c2ccccc2C42c3ccccc3-c3ccccc32)cc1. The summed E-state index contributed by atoms with van der Waals surface area (Å²) in [6.45, 7) is 0. The molecule has 0 aromatic heterocycles. The van der Waals surface area contributed by atoms with E-state index in [1.165, 1.54) is 72.3 Å². The number of fused-ring (bicyclic) bond motifs is 15. The van der Waals surface area contributed by atoms with Crippen molar-refractivity contribution in [2.45, 2.75) is 10.8 Å². The molecule has 3 aliphatic carbocycles. The van der Waals surface area contributed by atoms with Crippen LogP contribution in [0.3, 0.4) is 0 Å². The largest absolute Gasteiger partial charge is 0.449 e. The van der Waals surface area contributed by atoms with E-state index in [9.17, 15) is 0 Å². The van der Waals surface area contributed by atoms with Crippen LogP contribution in [0, 0.1) is 0 Å². The van der Waals surface area contributed by atoms with E-state index in [-0.39, 0.29) is 0 Å². The van der Waals surface area contributed by atoms with Crippen LogP contribution in [0.25, 0.3) is 44.5 Å². The van der Waals surface area contributed by atoms with Crippen LogP contribution < -0.4 is 14.4 Å². The number of hydrogen-bond acceptors (Lipinski definition) is 3. The van der Waals surface area contributed by atoms with Gasteiger partial charge in [0, 0.05) is 11.3 Å². The van der Waals surface area contributed by atoms with E-state index >= 15 is 0 Å². The zero-order valence-corrected chi connectivity index (χ0v) is 38.6. The van der Waals surface area contributed by atoms with Crippen LogP contribution in [0.15, 0.2) is 261 Å². The summed E-state index contributed by atoms with van der Waals surface area (Å²) in [7, 11) is 0. The van der Waals surface area contributed by atoms with Crippen LogP contribution in [0.5, 0.6) is 23.0 Å². The van der Waals surface area contributed by atoms with Gasteiger partial charge < -0.3 is 14.4 Å². The van der Waals surface area contributed by atoms with E-state index < -0.39 is 10.8 Å². The Balaban J connectivity index is 0.959. The molecule has 11 aromatic carbocycles. The molecule has 71 heavy (non-hydrogen) atoms. The maximum atomic E-state index is 7.44. The topological polar surface area (TPSA) is 21.7 Å². The minimum atomic E-state index is -0.588. The zero-order chi connectivity index (χ0) is 46.7. The van der Waals surface area contributed by atoms with Gasteiger partial charge in [-0.2, -0.15) is 0 Å². The van der Waals surface area contributed by atoms with Gasteiger partial charge >= 0.3 is 0 Å². The first-order valence-corrected chi connectivity index (χ1v) is 24.5. The van der Waals surface area contributed by atoms with Crippen LogP contribution in [-0.4, -0.2) is 0 Å². The van der Waals surface area contributed by atoms with Gasteiger partial charge in [-0.3, -0.25) is 0 Å². The third-order valence-electron chi connectivity index (χ3n) is 15.6. The number of hydrogen-bond donors (Lipinski definition) is 0. The Bertz CT molecular complexity index is 3870. The fraction of sp³-hybridized carbons (Fsp3) is 0.0294. The van der Waals surface area contributed by atoms with Crippen molar-refractivity contribution in [2.24, 2.45) is 0 Å². The minimum Gasteiger partial charge on any atom is -0.449 e. The third-order valence-corrected chi connectivity index (χ3v) is 15.6. The average molecular weight is 906 g/mol. The van der Waals surface area contributed by atoms with E-state index in [0.717, 1.165) is 33.8 Å². The average Bonchev–Trinajstić information content (AvgIpc) is 4.03. The van der Waals surface area contributed by atoms with Crippen molar-refractivity contribution in [2.75, 3.05) is 4.90 Å². The summed E-state index contributed by atoms with van der Waals surface area (Å²) < 4.78 is 14.5. The first kappa shape index (κ1) is 39.8. The van der Waals surface area contributed by atoms with E-state index in [4.69, 9.17) is 9.47 Å². The molecule has 0 unspecified atom stereocenters. The highest BCUT2D eigenvalue weighted by Gasteiger charge is 2.52. The van der Waals surface area contributed by atoms with Gasteiger partial charge in [0.15, 0.2) is 23.0 Å². The summed E-state index contributed by atoms with van der Waals surface area (Å²) in [4.78, 5) is 2.38. The van der Waals surface area contributed by atoms with Crippen molar-refractivity contribution in [1.82, 2.24) is 0 Å². The molecule has 1 heterocycles. The molecule has 15 rings (SSSR count). The molecule has 0 bridgehead atoms. The normalized spacial score (nSPS) is 14.1. The molecule has 11 aromatic rings. The fourth-order valence-electron chi connectivity index (χ4n) is 12.9. The Morgan fingerprint density at radius 1 is 0.268 bits per heavy atom. The predicted molar refractivity (Wildman–Crippen MR) is 287 cm³/mol. The fourth-order valence-corrected chi connectivity index (χ4v) is 12.9. The number of para-hydroxylation sites is 2. The van der Waals surface area contributed by atoms with Crippen LogP contribution in [0.2, 0.25) is 0 Å². The summed E-state index contributed by atoms with van der Waals surface area (Å²) in [5, 5.41) is 0. The van der Waals surface area contributed by atoms with E-state index in [0.29, 0.717) is 23.0 Å². The summed E-state index contributed by atoms with van der Waals surface area (Å²) >= 11 is 0. The highest BCUT2D eigenvalue weighted by molar-refractivity contribution is 5.97. The Kier molecular flexibility index (Phi) is 8.49. The first-order chi connectivity index (χ1) is 35.2. The van der Waals surface area contributed by atoms with Crippen molar-refractivity contribution in [3.05, 3.63) is 305 Å². The van der Waals surface area contributed by atoms with Gasteiger partial charge in [0.25, 0.3) is 0 Å². The zero-order valence-electron chi connectivity index (χ0n) is 38.6. The second kappa shape index (κ2) is 15.2. The summed E-state index contributed by atoms with van der Waals surface area (Å²) in [6, 6.07) is 94.9. The van der Waals surface area contributed by atoms with Gasteiger partial charge in [-0.05, 0) is 126 Å².